The molecule has 1 amide bonds. The summed E-state index contributed by atoms with van der Waals surface area (Å²) in [6.45, 7) is 5.39. The van der Waals surface area contributed by atoms with Crippen molar-refractivity contribution in [1.82, 2.24) is 0 Å². The number of anilines is 1. The van der Waals surface area contributed by atoms with Gasteiger partial charge in [0.05, 0.1) is 6.61 Å². The maximum atomic E-state index is 12.9. The van der Waals surface area contributed by atoms with Crippen LogP contribution < -0.4 is 14.8 Å². The lowest BCUT2D eigenvalue weighted by Gasteiger charge is -2.18. The second kappa shape index (κ2) is 9.56. The number of nitrogens with one attached hydrogen (secondary N) is 1. The van der Waals surface area contributed by atoms with Crippen LogP contribution in [0.15, 0.2) is 48.5 Å². The molecule has 0 fully saturated rings. The van der Waals surface area contributed by atoms with Crippen LogP contribution in [-0.4, -0.2) is 30.7 Å². The summed E-state index contributed by atoms with van der Waals surface area (Å²) in [7, 11) is 0. The SMILES string of the molecule is CCOc1ccc(NC(=O)[C@@H](C)OC(=O)[C@@H](C)Oc2ccc(F)cc2)cc1. The highest BCUT2D eigenvalue weighted by molar-refractivity contribution is 5.95. The molecule has 7 heteroatoms. The number of hydrogen-bond acceptors (Lipinski definition) is 5. The Labute approximate surface area is 157 Å². The zero-order valence-corrected chi connectivity index (χ0v) is 15.4. The first-order chi connectivity index (χ1) is 12.9. The van der Waals surface area contributed by atoms with Crippen LogP contribution in [0.4, 0.5) is 10.1 Å². The third-order valence-corrected chi connectivity index (χ3v) is 3.55. The second-order valence-corrected chi connectivity index (χ2v) is 5.74. The molecule has 0 aromatic heterocycles. The van der Waals surface area contributed by atoms with Crippen LogP contribution in [-0.2, 0) is 14.3 Å². The second-order valence-electron chi connectivity index (χ2n) is 5.74. The van der Waals surface area contributed by atoms with E-state index in [1.165, 1.54) is 38.1 Å². The lowest BCUT2D eigenvalue weighted by molar-refractivity contribution is -0.159. The van der Waals surface area contributed by atoms with Crippen LogP contribution in [0, 0.1) is 5.82 Å². The molecule has 1 N–H and O–H groups in total. The standard InChI is InChI=1S/C20H22FNO5/c1-4-25-17-11-7-16(8-12-17)22-19(23)13(2)27-20(24)14(3)26-18-9-5-15(21)6-10-18/h5-14H,4H2,1-3H3,(H,22,23)/t13-,14-/m1/s1. The van der Waals surface area contributed by atoms with Crippen molar-refractivity contribution < 1.29 is 28.2 Å². The van der Waals surface area contributed by atoms with Crippen molar-refractivity contribution in [2.75, 3.05) is 11.9 Å². The van der Waals surface area contributed by atoms with Crippen molar-refractivity contribution in [1.29, 1.82) is 0 Å². The molecular weight excluding hydrogens is 353 g/mol. The van der Waals surface area contributed by atoms with Gasteiger partial charge in [-0.2, -0.15) is 0 Å². The summed E-state index contributed by atoms with van der Waals surface area (Å²) in [5.41, 5.74) is 0.557. The molecule has 144 valence electrons. The Hall–Kier alpha value is -3.09. The minimum Gasteiger partial charge on any atom is -0.494 e. The predicted molar refractivity (Wildman–Crippen MR) is 98.3 cm³/mol. The Balaban J connectivity index is 1.85. The van der Waals surface area contributed by atoms with Crippen LogP contribution in [0.5, 0.6) is 11.5 Å². The lowest BCUT2D eigenvalue weighted by Crippen LogP contribution is -2.35. The van der Waals surface area contributed by atoms with E-state index in [4.69, 9.17) is 14.2 Å². The smallest absolute Gasteiger partial charge is 0.347 e. The van der Waals surface area contributed by atoms with Crippen molar-refractivity contribution in [2.24, 2.45) is 0 Å². The van der Waals surface area contributed by atoms with Crippen LogP contribution in [0.1, 0.15) is 20.8 Å². The monoisotopic (exact) mass is 375 g/mol. The van der Waals surface area contributed by atoms with E-state index < -0.39 is 29.9 Å². The molecule has 2 rings (SSSR count). The Morgan fingerprint density at radius 3 is 2.15 bits per heavy atom. The van der Waals surface area contributed by atoms with Crippen LogP contribution in [0.3, 0.4) is 0 Å². The number of amides is 1. The molecule has 0 bridgehead atoms. The molecule has 27 heavy (non-hydrogen) atoms. The first-order valence-electron chi connectivity index (χ1n) is 8.55. The molecule has 6 nitrogen and oxygen atoms in total. The van der Waals surface area contributed by atoms with Gasteiger partial charge in [0.2, 0.25) is 0 Å². The minimum atomic E-state index is -1.01. The number of carbonyl (C=O) groups is 2. The van der Waals surface area contributed by atoms with Crippen LogP contribution in [0.2, 0.25) is 0 Å². The van der Waals surface area contributed by atoms with Crippen molar-refractivity contribution in [3.63, 3.8) is 0 Å². The molecule has 0 aliphatic heterocycles. The Morgan fingerprint density at radius 2 is 1.56 bits per heavy atom. The van der Waals surface area contributed by atoms with Crippen LogP contribution in [0.25, 0.3) is 0 Å². The van der Waals surface area contributed by atoms with E-state index in [-0.39, 0.29) is 0 Å². The fourth-order valence-electron chi connectivity index (χ4n) is 2.13. The fourth-order valence-corrected chi connectivity index (χ4v) is 2.13. The van der Waals surface area contributed by atoms with E-state index >= 15 is 0 Å². The summed E-state index contributed by atoms with van der Waals surface area (Å²) < 4.78 is 28.7. The highest BCUT2D eigenvalue weighted by atomic mass is 19.1. The number of hydrogen-bond donors (Lipinski definition) is 1. The van der Waals surface area contributed by atoms with E-state index in [2.05, 4.69) is 5.32 Å². The third-order valence-electron chi connectivity index (χ3n) is 3.55. The number of esters is 1. The van der Waals surface area contributed by atoms with Gasteiger partial charge in [-0.3, -0.25) is 4.79 Å². The molecular formula is C20H22FNO5. The van der Waals surface area contributed by atoms with Crippen molar-refractivity contribution >= 4 is 17.6 Å². The van der Waals surface area contributed by atoms with Crippen molar-refractivity contribution in [2.45, 2.75) is 33.0 Å². The highest BCUT2D eigenvalue weighted by Crippen LogP contribution is 2.17. The van der Waals surface area contributed by atoms with Gasteiger partial charge in [-0.1, -0.05) is 0 Å². The minimum absolute atomic E-state index is 0.326. The van der Waals surface area contributed by atoms with E-state index in [0.717, 1.165) is 0 Å². The number of carbonyl (C=O) groups excluding carboxylic acids is 2. The van der Waals surface area contributed by atoms with Gasteiger partial charge in [0.1, 0.15) is 17.3 Å². The number of ether oxygens (including phenoxy) is 3. The largest absolute Gasteiger partial charge is 0.494 e. The van der Waals surface area contributed by atoms with Gasteiger partial charge in [0.25, 0.3) is 5.91 Å². The molecule has 0 heterocycles. The first kappa shape index (κ1) is 20.2. The third kappa shape index (κ3) is 6.29. The molecule has 2 atom stereocenters. The topological polar surface area (TPSA) is 73.9 Å². The molecule has 0 saturated heterocycles. The van der Waals surface area contributed by atoms with Gasteiger partial charge < -0.3 is 19.5 Å². The molecule has 0 aliphatic rings. The predicted octanol–water partition coefficient (Wildman–Crippen LogP) is 3.56. The molecule has 2 aromatic carbocycles. The summed E-state index contributed by atoms with van der Waals surface area (Å²) in [6, 6.07) is 12.1. The summed E-state index contributed by atoms with van der Waals surface area (Å²) >= 11 is 0. The molecule has 0 radical (unpaired) electrons. The van der Waals surface area contributed by atoms with Gasteiger partial charge in [0.15, 0.2) is 12.2 Å². The van der Waals surface area contributed by atoms with Crippen molar-refractivity contribution in [3.8, 4) is 11.5 Å². The van der Waals surface area contributed by atoms with Gasteiger partial charge in [-0.25, -0.2) is 9.18 Å². The van der Waals surface area contributed by atoms with Crippen molar-refractivity contribution in [3.05, 3.63) is 54.3 Å². The first-order valence-corrected chi connectivity index (χ1v) is 8.55. The van der Waals surface area contributed by atoms with Gasteiger partial charge in [0, 0.05) is 5.69 Å². The molecule has 0 spiro atoms. The molecule has 0 unspecified atom stereocenters. The highest BCUT2D eigenvalue weighted by Gasteiger charge is 2.23. The summed E-state index contributed by atoms with van der Waals surface area (Å²) in [5, 5.41) is 2.66. The van der Waals surface area contributed by atoms with Gasteiger partial charge in [-0.15, -0.1) is 0 Å². The molecule has 0 aliphatic carbocycles. The maximum Gasteiger partial charge on any atom is 0.347 e. The van der Waals surface area contributed by atoms with E-state index in [1.54, 1.807) is 24.3 Å². The average Bonchev–Trinajstić information content (AvgIpc) is 2.65. The maximum absolute atomic E-state index is 12.9. The normalized spacial score (nSPS) is 12.6. The quantitative estimate of drug-likeness (QED) is 0.714. The summed E-state index contributed by atoms with van der Waals surface area (Å²) in [6.07, 6.45) is -1.96. The van der Waals surface area contributed by atoms with E-state index in [0.29, 0.717) is 23.8 Å². The summed E-state index contributed by atoms with van der Waals surface area (Å²) in [5.74, 6) is -0.554. The zero-order valence-electron chi connectivity index (χ0n) is 15.4. The Morgan fingerprint density at radius 1 is 0.963 bits per heavy atom. The van der Waals surface area contributed by atoms with Gasteiger partial charge in [-0.05, 0) is 69.3 Å². The Bertz CT molecular complexity index is 761. The molecule has 0 saturated carbocycles. The van der Waals surface area contributed by atoms with Crippen LogP contribution >= 0.6 is 0 Å². The molecule has 2 aromatic rings. The van der Waals surface area contributed by atoms with E-state index in [9.17, 15) is 14.0 Å². The fraction of sp³-hybridized carbons (Fsp3) is 0.300. The van der Waals surface area contributed by atoms with Gasteiger partial charge >= 0.3 is 5.97 Å². The average molecular weight is 375 g/mol. The lowest BCUT2D eigenvalue weighted by atomic mass is 10.2. The number of benzene rings is 2. The van der Waals surface area contributed by atoms with E-state index in [1.807, 2.05) is 6.92 Å². The Kier molecular flexibility index (Phi) is 7.16. The zero-order chi connectivity index (χ0) is 19.8. The number of halogens is 1. The number of rotatable bonds is 8. The summed E-state index contributed by atoms with van der Waals surface area (Å²) in [4.78, 5) is 24.3.